The second kappa shape index (κ2) is 8.52. The van der Waals surface area contributed by atoms with Crippen LogP contribution in [0.15, 0.2) is 60.7 Å². The van der Waals surface area contributed by atoms with Crippen LogP contribution in [0.5, 0.6) is 0 Å². The largest absolute Gasteiger partial charge is 0.393 e. The molecule has 0 aromatic heterocycles. The van der Waals surface area contributed by atoms with Gasteiger partial charge in [-0.1, -0.05) is 60.7 Å². The molecule has 2 heterocycles. The Morgan fingerprint density at radius 1 is 0.897 bits per heavy atom. The molecule has 0 amide bonds. The summed E-state index contributed by atoms with van der Waals surface area (Å²) < 4.78 is 30.2. The van der Waals surface area contributed by atoms with Gasteiger partial charge in [-0.25, -0.2) is 0 Å². The van der Waals surface area contributed by atoms with Gasteiger partial charge in [-0.15, -0.1) is 0 Å². The van der Waals surface area contributed by atoms with E-state index in [1.807, 2.05) is 74.5 Å². The quantitative estimate of drug-likeness (QED) is 0.735. The normalized spacial score (nSPS) is 30.4. The lowest BCUT2D eigenvalue weighted by molar-refractivity contribution is -0.251. The number of ether oxygens (including phenoxy) is 5. The van der Waals surface area contributed by atoms with Gasteiger partial charge in [-0.05, 0) is 25.0 Å². The predicted octanol–water partition coefficient (Wildman–Crippen LogP) is 3.03. The number of aliphatic hydroxyl groups is 1. The Balaban J connectivity index is 1.49. The van der Waals surface area contributed by atoms with Gasteiger partial charge in [0.05, 0.1) is 26.4 Å². The highest BCUT2D eigenvalue weighted by atomic mass is 16.8. The first-order valence-electron chi connectivity index (χ1n) is 9.94. The van der Waals surface area contributed by atoms with Gasteiger partial charge in [-0.3, -0.25) is 0 Å². The average Bonchev–Trinajstić information content (AvgIpc) is 3.18. The maximum absolute atomic E-state index is 10.4. The lowest BCUT2D eigenvalue weighted by Crippen LogP contribution is -2.55. The van der Waals surface area contributed by atoms with Gasteiger partial charge >= 0.3 is 0 Å². The van der Waals surface area contributed by atoms with Gasteiger partial charge in [-0.2, -0.15) is 0 Å². The topological polar surface area (TPSA) is 66.4 Å². The van der Waals surface area contributed by atoms with Crippen LogP contribution in [0.1, 0.15) is 25.0 Å². The standard InChI is InChI=1S/C23H28O6/c1-22(2)28-20-21(29-22)27-19(15-25-13-17-9-5-3-6-10-17)23(20,16-24)26-14-18-11-7-4-8-12-18/h3-12,19-21,24H,13-16H2,1-2H3/t19-,20+,21-,23-/m1/s1. The molecule has 0 radical (unpaired) electrons. The minimum absolute atomic E-state index is 0.254. The molecule has 6 nitrogen and oxygen atoms in total. The van der Waals surface area contributed by atoms with Crippen molar-refractivity contribution in [3.63, 3.8) is 0 Å². The van der Waals surface area contributed by atoms with Crippen LogP contribution in [0.4, 0.5) is 0 Å². The zero-order chi connectivity index (χ0) is 20.3. The molecular weight excluding hydrogens is 372 g/mol. The van der Waals surface area contributed by atoms with E-state index in [0.717, 1.165) is 11.1 Å². The molecule has 2 aromatic rings. The zero-order valence-electron chi connectivity index (χ0n) is 16.8. The molecule has 4 atom stereocenters. The first-order chi connectivity index (χ1) is 14.0. The lowest BCUT2D eigenvalue weighted by atomic mass is 9.93. The first-order valence-corrected chi connectivity index (χ1v) is 9.94. The zero-order valence-corrected chi connectivity index (χ0v) is 16.8. The summed E-state index contributed by atoms with van der Waals surface area (Å²) in [6.07, 6.45) is -1.68. The summed E-state index contributed by atoms with van der Waals surface area (Å²) in [5.41, 5.74) is 0.996. The molecular formula is C23H28O6. The Hall–Kier alpha value is -1.80. The van der Waals surface area contributed by atoms with Crippen molar-refractivity contribution < 1.29 is 28.8 Å². The molecule has 0 saturated carbocycles. The summed E-state index contributed by atoms with van der Waals surface area (Å²) in [6, 6.07) is 19.7. The lowest BCUT2D eigenvalue weighted by Gasteiger charge is -2.36. The molecule has 2 aliphatic rings. The van der Waals surface area contributed by atoms with Gasteiger partial charge in [0.1, 0.15) is 12.2 Å². The molecule has 6 heteroatoms. The second-order valence-electron chi connectivity index (χ2n) is 7.94. The molecule has 0 unspecified atom stereocenters. The Kier molecular flexibility index (Phi) is 6.01. The summed E-state index contributed by atoms with van der Waals surface area (Å²) in [4.78, 5) is 0. The smallest absolute Gasteiger partial charge is 0.190 e. The van der Waals surface area contributed by atoms with E-state index in [9.17, 15) is 5.11 Å². The van der Waals surface area contributed by atoms with Crippen LogP contribution < -0.4 is 0 Å². The summed E-state index contributed by atoms with van der Waals surface area (Å²) in [7, 11) is 0. The van der Waals surface area contributed by atoms with E-state index >= 15 is 0 Å². The number of rotatable bonds is 8. The number of hydrogen-bond donors (Lipinski definition) is 1. The summed E-state index contributed by atoms with van der Waals surface area (Å²) in [5, 5.41) is 10.4. The third kappa shape index (κ3) is 4.38. The predicted molar refractivity (Wildman–Crippen MR) is 106 cm³/mol. The van der Waals surface area contributed by atoms with E-state index < -0.39 is 29.9 Å². The fourth-order valence-corrected chi connectivity index (χ4v) is 3.86. The third-order valence-electron chi connectivity index (χ3n) is 5.36. The molecule has 0 bridgehead atoms. The van der Waals surface area contributed by atoms with Crippen LogP contribution in [-0.4, -0.2) is 48.2 Å². The van der Waals surface area contributed by atoms with Gasteiger partial charge in [0.15, 0.2) is 17.7 Å². The fourth-order valence-electron chi connectivity index (χ4n) is 3.86. The number of hydrogen-bond acceptors (Lipinski definition) is 6. The van der Waals surface area contributed by atoms with Gasteiger partial charge in [0, 0.05) is 0 Å². The van der Waals surface area contributed by atoms with Crippen LogP contribution in [0.25, 0.3) is 0 Å². The van der Waals surface area contributed by atoms with Crippen LogP contribution in [-0.2, 0) is 36.9 Å². The molecule has 2 aromatic carbocycles. The average molecular weight is 400 g/mol. The molecule has 156 valence electrons. The van der Waals surface area contributed by atoms with Crippen LogP contribution >= 0.6 is 0 Å². The molecule has 2 saturated heterocycles. The van der Waals surface area contributed by atoms with Gasteiger partial charge < -0.3 is 28.8 Å². The Labute approximate surface area is 171 Å². The minimum atomic E-state index is -1.08. The van der Waals surface area contributed by atoms with E-state index in [4.69, 9.17) is 23.7 Å². The second-order valence-corrected chi connectivity index (χ2v) is 7.94. The van der Waals surface area contributed by atoms with Crippen molar-refractivity contribution in [3.8, 4) is 0 Å². The molecule has 0 aliphatic carbocycles. The van der Waals surface area contributed by atoms with Crippen molar-refractivity contribution in [3.05, 3.63) is 71.8 Å². The molecule has 29 heavy (non-hydrogen) atoms. The van der Waals surface area contributed by atoms with Crippen molar-refractivity contribution in [2.24, 2.45) is 0 Å². The minimum Gasteiger partial charge on any atom is -0.393 e. The first kappa shape index (κ1) is 20.5. The highest BCUT2D eigenvalue weighted by Crippen LogP contribution is 2.45. The number of benzene rings is 2. The molecule has 1 N–H and O–H groups in total. The van der Waals surface area contributed by atoms with Crippen LogP contribution in [0.2, 0.25) is 0 Å². The van der Waals surface area contributed by atoms with Crippen LogP contribution in [0.3, 0.4) is 0 Å². The van der Waals surface area contributed by atoms with Gasteiger partial charge in [0.25, 0.3) is 0 Å². The molecule has 2 fully saturated rings. The van der Waals surface area contributed by atoms with Crippen molar-refractivity contribution in [2.75, 3.05) is 13.2 Å². The van der Waals surface area contributed by atoms with E-state index in [-0.39, 0.29) is 13.2 Å². The highest BCUT2D eigenvalue weighted by molar-refractivity contribution is 5.15. The van der Waals surface area contributed by atoms with E-state index in [0.29, 0.717) is 13.2 Å². The van der Waals surface area contributed by atoms with E-state index in [1.165, 1.54) is 0 Å². The van der Waals surface area contributed by atoms with Crippen molar-refractivity contribution in [1.29, 1.82) is 0 Å². The van der Waals surface area contributed by atoms with Crippen molar-refractivity contribution in [1.82, 2.24) is 0 Å². The maximum atomic E-state index is 10.4. The third-order valence-corrected chi connectivity index (χ3v) is 5.36. The van der Waals surface area contributed by atoms with E-state index in [1.54, 1.807) is 0 Å². The highest BCUT2D eigenvalue weighted by Gasteiger charge is 2.64. The number of fused-ring (bicyclic) bond motifs is 1. The Morgan fingerprint density at radius 3 is 2.14 bits per heavy atom. The summed E-state index contributed by atoms with van der Waals surface area (Å²) in [5.74, 6) is -0.804. The summed E-state index contributed by atoms with van der Waals surface area (Å²) in [6.45, 7) is 4.42. The monoisotopic (exact) mass is 400 g/mol. The van der Waals surface area contributed by atoms with Crippen molar-refractivity contribution in [2.45, 2.75) is 56.9 Å². The fraction of sp³-hybridized carbons (Fsp3) is 0.478. The van der Waals surface area contributed by atoms with Gasteiger partial charge in [0.2, 0.25) is 0 Å². The molecule has 2 aliphatic heterocycles. The summed E-state index contributed by atoms with van der Waals surface area (Å²) >= 11 is 0. The Morgan fingerprint density at radius 2 is 1.52 bits per heavy atom. The van der Waals surface area contributed by atoms with Crippen LogP contribution in [0, 0.1) is 0 Å². The molecule has 4 rings (SSSR count). The maximum Gasteiger partial charge on any atom is 0.190 e. The Bertz CT molecular complexity index is 780. The SMILES string of the molecule is CC1(C)O[C@H]2O[C@H](COCc3ccccc3)[C@@](CO)(OCc3ccccc3)[C@H]2O1. The van der Waals surface area contributed by atoms with E-state index in [2.05, 4.69) is 0 Å². The van der Waals surface area contributed by atoms with Crippen molar-refractivity contribution >= 4 is 0 Å². The number of aliphatic hydroxyl groups excluding tert-OH is 1. The molecule has 0 spiro atoms.